The fourth-order valence-corrected chi connectivity index (χ4v) is 2.63. The predicted octanol–water partition coefficient (Wildman–Crippen LogP) is 3.96. The zero-order chi connectivity index (χ0) is 18.2. The van der Waals surface area contributed by atoms with Gasteiger partial charge in [-0.1, -0.05) is 18.2 Å². The summed E-state index contributed by atoms with van der Waals surface area (Å²) in [5, 5.41) is 0. The smallest absolute Gasteiger partial charge is 0.343 e. The number of ether oxygens (including phenoxy) is 3. The zero-order valence-corrected chi connectivity index (χ0v) is 14.9. The molecule has 1 aliphatic rings. The van der Waals surface area contributed by atoms with Gasteiger partial charge >= 0.3 is 5.97 Å². The average molecular weight is 344 g/mol. The summed E-state index contributed by atoms with van der Waals surface area (Å²) in [6.07, 6.45) is 9.27. The molecule has 0 unspecified atom stereocenters. The summed E-state index contributed by atoms with van der Waals surface area (Å²) < 4.78 is 16.1. The first kappa shape index (κ1) is 18.8. The number of ketones is 1. The standard InChI is InChI=1S/C20H24O5/c1-14-8-7-11-16(21)10-6-4-5-9-15-12-17(23-2)13-18(24-3)19(15)20(22)25-14/h5,7-9,12-14H,4,6,10-11H2,1-3H3/t14-/m0/s1. The molecule has 25 heavy (non-hydrogen) atoms. The first-order valence-electron chi connectivity index (χ1n) is 8.37. The van der Waals surface area contributed by atoms with Crippen LogP contribution < -0.4 is 9.47 Å². The number of hydrogen-bond donors (Lipinski definition) is 0. The summed E-state index contributed by atoms with van der Waals surface area (Å²) in [5.41, 5.74) is 1.04. The second-order valence-electron chi connectivity index (χ2n) is 5.87. The number of carbonyl (C=O) groups excluding carboxylic acids is 2. The SMILES string of the molecule is COc1cc2c(c(OC)c1)C(=O)O[C@@H](C)C=CCC(=O)CCCC=C2. The third-order valence-electron chi connectivity index (χ3n) is 3.94. The quantitative estimate of drug-likeness (QED) is 0.600. The van der Waals surface area contributed by atoms with Crippen LogP contribution in [0.1, 0.15) is 48.5 Å². The molecule has 5 nitrogen and oxygen atoms in total. The summed E-state index contributed by atoms with van der Waals surface area (Å²) in [5.74, 6) is 0.711. The van der Waals surface area contributed by atoms with Crippen molar-refractivity contribution in [1.29, 1.82) is 0 Å². The van der Waals surface area contributed by atoms with Gasteiger partial charge in [-0.3, -0.25) is 4.79 Å². The Morgan fingerprint density at radius 1 is 1.12 bits per heavy atom. The molecule has 0 N–H and O–H groups in total. The fraction of sp³-hybridized carbons (Fsp3) is 0.400. The van der Waals surface area contributed by atoms with Crippen molar-refractivity contribution in [3.05, 3.63) is 41.5 Å². The Morgan fingerprint density at radius 2 is 1.92 bits per heavy atom. The molecule has 1 atom stereocenters. The lowest BCUT2D eigenvalue weighted by Gasteiger charge is -2.15. The molecule has 0 fully saturated rings. The van der Waals surface area contributed by atoms with E-state index in [4.69, 9.17) is 14.2 Å². The van der Waals surface area contributed by atoms with Crippen LogP contribution in [-0.4, -0.2) is 32.1 Å². The molecule has 0 saturated carbocycles. The lowest BCUT2D eigenvalue weighted by Crippen LogP contribution is -2.15. The number of hydrogen-bond acceptors (Lipinski definition) is 5. The maximum Gasteiger partial charge on any atom is 0.343 e. The predicted molar refractivity (Wildman–Crippen MR) is 96.1 cm³/mol. The topological polar surface area (TPSA) is 61.8 Å². The number of carbonyl (C=O) groups is 2. The fourth-order valence-electron chi connectivity index (χ4n) is 2.63. The highest BCUT2D eigenvalue weighted by Gasteiger charge is 2.21. The number of Topliss-reactive ketones (excluding diaryl/α,β-unsaturated/α-hetero) is 1. The molecule has 0 bridgehead atoms. The molecule has 0 amide bonds. The number of esters is 1. The van der Waals surface area contributed by atoms with Gasteiger partial charge in [0, 0.05) is 18.9 Å². The van der Waals surface area contributed by atoms with Gasteiger partial charge in [-0.05, 0) is 37.5 Å². The molecular weight excluding hydrogens is 320 g/mol. The highest BCUT2D eigenvalue weighted by Crippen LogP contribution is 2.31. The lowest BCUT2D eigenvalue weighted by atomic mass is 10.0. The molecule has 2 rings (SSSR count). The summed E-state index contributed by atoms with van der Waals surface area (Å²) in [6, 6.07) is 3.43. The van der Waals surface area contributed by atoms with Gasteiger partial charge in [0.15, 0.2) is 0 Å². The van der Waals surface area contributed by atoms with E-state index in [0.717, 1.165) is 12.8 Å². The van der Waals surface area contributed by atoms with Gasteiger partial charge in [0.25, 0.3) is 0 Å². The Balaban J connectivity index is 2.44. The zero-order valence-electron chi connectivity index (χ0n) is 14.9. The van der Waals surface area contributed by atoms with E-state index in [9.17, 15) is 9.59 Å². The molecule has 0 saturated heterocycles. The van der Waals surface area contributed by atoms with Crippen molar-refractivity contribution in [1.82, 2.24) is 0 Å². The van der Waals surface area contributed by atoms with E-state index in [1.165, 1.54) is 7.11 Å². The normalized spacial score (nSPS) is 18.9. The van der Waals surface area contributed by atoms with Crippen molar-refractivity contribution < 1.29 is 23.8 Å². The van der Waals surface area contributed by atoms with Crippen molar-refractivity contribution in [2.24, 2.45) is 0 Å². The number of allylic oxidation sites excluding steroid dienone is 2. The van der Waals surface area contributed by atoms with E-state index in [-0.39, 0.29) is 5.78 Å². The minimum Gasteiger partial charge on any atom is -0.497 e. The highest BCUT2D eigenvalue weighted by molar-refractivity contribution is 5.97. The van der Waals surface area contributed by atoms with Crippen LogP contribution in [0.25, 0.3) is 6.08 Å². The summed E-state index contributed by atoms with van der Waals surface area (Å²) in [4.78, 5) is 24.4. The summed E-state index contributed by atoms with van der Waals surface area (Å²) >= 11 is 0. The number of fused-ring (bicyclic) bond motifs is 1. The van der Waals surface area contributed by atoms with Gasteiger partial charge in [-0.25, -0.2) is 4.79 Å². The Hall–Kier alpha value is -2.56. The van der Waals surface area contributed by atoms with E-state index < -0.39 is 12.1 Å². The Kier molecular flexibility index (Phi) is 6.81. The van der Waals surface area contributed by atoms with Crippen LogP contribution in [0.3, 0.4) is 0 Å². The second kappa shape index (κ2) is 9.06. The molecule has 1 aromatic rings. The number of benzene rings is 1. The Bertz CT molecular complexity index is 688. The Morgan fingerprint density at radius 3 is 2.64 bits per heavy atom. The van der Waals surface area contributed by atoms with E-state index in [1.807, 2.05) is 12.2 Å². The minimum atomic E-state index is -0.473. The summed E-state index contributed by atoms with van der Waals surface area (Å²) in [6.45, 7) is 1.76. The molecule has 5 heteroatoms. The lowest BCUT2D eigenvalue weighted by molar-refractivity contribution is -0.118. The molecule has 1 heterocycles. The third kappa shape index (κ3) is 5.21. The van der Waals surface area contributed by atoms with Crippen LogP contribution in [0, 0.1) is 0 Å². The molecule has 0 aromatic heterocycles. The number of rotatable bonds is 2. The minimum absolute atomic E-state index is 0.184. The highest BCUT2D eigenvalue weighted by atomic mass is 16.5. The van der Waals surface area contributed by atoms with Crippen LogP contribution in [-0.2, 0) is 9.53 Å². The third-order valence-corrected chi connectivity index (χ3v) is 3.94. The van der Waals surface area contributed by atoms with Gasteiger partial charge in [0.1, 0.15) is 28.9 Å². The molecule has 134 valence electrons. The number of methoxy groups -OCH3 is 2. The van der Waals surface area contributed by atoms with Crippen molar-refractivity contribution in [2.45, 2.75) is 38.7 Å². The van der Waals surface area contributed by atoms with E-state index >= 15 is 0 Å². The Labute approximate surface area is 148 Å². The maximum atomic E-state index is 12.7. The average Bonchev–Trinajstić information content (AvgIpc) is 2.59. The van der Waals surface area contributed by atoms with Crippen molar-refractivity contribution in [3.8, 4) is 11.5 Å². The van der Waals surface area contributed by atoms with E-state index in [2.05, 4.69) is 0 Å². The van der Waals surface area contributed by atoms with Gasteiger partial charge in [0.05, 0.1) is 14.2 Å². The molecule has 0 spiro atoms. The van der Waals surface area contributed by atoms with Crippen LogP contribution in [0.15, 0.2) is 30.4 Å². The van der Waals surface area contributed by atoms with Crippen LogP contribution >= 0.6 is 0 Å². The first-order chi connectivity index (χ1) is 12.0. The van der Waals surface area contributed by atoms with E-state index in [1.54, 1.807) is 38.3 Å². The van der Waals surface area contributed by atoms with Gasteiger partial charge in [-0.2, -0.15) is 0 Å². The van der Waals surface area contributed by atoms with Crippen molar-refractivity contribution >= 4 is 17.8 Å². The molecule has 1 aromatic carbocycles. The van der Waals surface area contributed by atoms with Gasteiger partial charge < -0.3 is 14.2 Å². The maximum absolute atomic E-state index is 12.7. The van der Waals surface area contributed by atoms with Crippen molar-refractivity contribution in [3.63, 3.8) is 0 Å². The molecule has 1 aliphatic heterocycles. The van der Waals surface area contributed by atoms with E-state index in [0.29, 0.717) is 35.5 Å². The van der Waals surface area contributed by atoms with Gasteiger partial charge in [-0.15, -0.1) is 0 Å². The van der Waals surface area contributed by atoms with Crippen molar-refractivity contribution in [2.75, 3.05) is 14.2 Å². The van der Waals surface area contributed by atoms with Crippen LogP contribution in [0.5, 0.6) is 11.5 Å². The monoisotopic (exact) mass is 344 g/mol. The second-order valence-corrected chi connectivity index (χ2v) is 5.87. The van der Waals surface area contributed by atoms with Gasteiger partial charge in [0.2, 0.25) is 0 Å². The van der Waals surface area contributed by atoms with Crippen LogP contribution in [0.2, 0.25) is 0 Å². The summed E-state index contributed by atoms with van der Waals surface area (Å²) in [7, 11) is 3.07. The largest absolute Gasteiger partial charge is 0.497 e. The molecular formula is C20H24O5. The number of cyclic esters (lactones) is 1. The first-order valence-corrected chi connectivity index (χ1v) is 8.37. The van der Waals surface area contributed by atoms with Crippen LogP contribution in [0.4, 0.5) is 0 Å². The molecule has 0 radical (unpaired) electrons. The molecule has 0 aliphatic carbocycles.